The predicted molar refractivity (Wildman–Crippen MR) is 88.0 cm³/mol. The lowest BCUT2D eigenvalue weighted by Crippen LogP contribution is -2.47. The van der Waals surface area contributed by atoms with Gasteiger partial charge in [-0.3, -0.25) is 4.79 Å². The Bertz CT molecular complexity index is 538. The minimum absolute atomic E-state index is 0.0290. The van der Waals surface area contributed by atoms with Crippen molar-refractivity contribution in [3.63, 3.8) is 0 Å². The third-order valence-electron chi connectivity index (χ3n) is 3.24. The van der Waals surface area contributed by atoms with Crippen LogP contribution in [0.15, 0.2) is 22.7 Å². The summed E-state index contributed by atoms with van der Waals surface area (Å²) in [5, 5.41) is 3.20. The molecule has 0 radical (unpaired) electrons. The van der Waals surface area contributed by atoms with Gasteiger partial charge in [-0.1, -0.05) is 31.9 Å². The molecule has 1 N–H and O–H groups in total. The molecule has 5 nitrogen and oxygen atoms in total. The summed E-state index contributed by atoms with van der Waals surface area (Å²) >= 11 is 9.14. The van der Waals surface area contributed by atoms with Gasteiger partial charge in [0.1, 0.15) is 11.8 Å². The molecule has 0 unspecified atom stereocenters. The summed E-state index contributed by atoms with van der Waals surface area (Å²) in [7, 11) is 1.30. The van der Waals surface area contributed by atoms with Crippen LogP contribution in [0.3, 0.4) is 0 Å². The van der Waals surface area contributed by atoms with E-state index >= 15 is 0 Å². The van der Waals surface area contributed by atoms with Crippen LogP contribution in [0.2, 0.25) is 5.02 Å². The van der Waals surface area contributed by atoms with Crippen molar-refractivity contribution in [1.82, 2.24) is 5.32 Å². The predicted octanol–water partition coefficient (Wildman–Crippen LogP) is 3.19. The number of hydrogen-bond donors (Lipinski definition) is 1. The van der Waals surface area contributed by atoms with Gasteiger partial charge in [-0.15, -0.1) is 0 Å². The molecule has 0 aliphatic carbocycles. The Morgan fingerprint density at radius 1 is 1.41 bits per heavy atom. The number of hydrogen-bond acceptors (Lipinski definition) is 4. The lowest BCUT2D eigenvalue weighted by atomic mass is 9.99. The third kappa shape index (κ3) is 5.50. The van der Waals surface area contributed by atoms with Crippen LogP contribution in [0, 0.1) is 5.92 Å². The van der Waals surface area contributed by atoms with E-state index in [-0.39, 0.29) is 12.5 Å². The normalized spacial score (nSPS) is 13.1. The molecule has 0 aliphatic rings. The highest BCUT2D eigenvalue weighted by Crippen LogP contribution is 2.27. The molecule has 1 amide bonds. The second kappa shape index (κ2) is 9.00. The number of esters is 1. The van der Waals surface area contributed by atoms with E-state index in [2.05, 4.69) is 21.2 Å². The fourth-order valence-electron chi connectivity index (χ4n) is 1.75. The van der Waals surface area contributed by atoms with Gasteiger partial charge in [-0.25, -0.2) is 4.79 Å². The number of halogens is 2. The summed E-state index contributed by atoms with van der Waals surface area (Å²) in [5.74, 6) is -0.385. The van der Waals surface area contributed by atoms with Crippen LogP contribution in [-0.4, -0.2) is 31.6 Å². The molecule has 2 atom stereocenters. The van der Waals surface area contributed by atoms with E-state index in [1.807, 2.05) is 13.8 Å². The Hall–Kier alpha value is -1.27. The largest absolute Gasteiger partial charge is 0.483 e. The Morgan fingerprint density at radius 2 is 2.09 bits per heavy atom. The fraction of sp³-hybridized carbons (Fsp3) is 0.467. The smallest absolute Gasteiger partial charge is 0.328 e. The summed E-state index contributed by atoms with van der Waals surface area (Å²) in [4.78, 5) is 23.7. The van der Waals surface area contributed by atoms with E-state index in [0.717, 1.165) is 6.42 Å². The molecule has 0 fully saturated rings. The molecule has 22 heavy (non-hydrogen) atoms. The first-order chi connectivity index (χ1) is 10.4. The van der Waals surface area contributed by atoms with Gasteiger partial charge in [0.2, 0.25) is 0 Å². The molecule has 1 aromatic carbocycles. The van der Waals surface area contributed by atoms with Gasteiger partial charge >= 0.3 is 5.97 Å². The summed E-state index contributed by atoms with van der Waals surface area (Å²) in [5.41, 5.74) is 0. The molecule has 0 bridgehead atoms. The molecule has 0 aromatic heterocycles. The average Bonchev–Trinajstić information content (AvgIpc) is 2.50. The van der Waals surface area contributed by atoms with Gasteiger partial charge in [0.25, 0.3) is 5.91 Å². The molecule has 0 heterocycles. The van der Waals surface area contributed by atoms with Crippen molar-refractivity contribution < 1.29 is 19.1 Å². The molecule has 0 saturated carbocycles. The average molecular weight is 393 g/mol. The summed E-state index contributed by atoms with van der Waals surface area (Å²) in [6.45, 7) is 3.61. The van der Waals surface area contributed by atoms with E-state index in [1.54, 1.807) is 18.2 Å². The number of nitrogens with one attached hydrogen (secondary N) is 1. The van der Waals surface area contributed by atoms with Crippen LogP contribution >= 0.6 is 27.5 Å². The van der Waals surface area contributed by atoms with Gasteiger partial charge in [0, 0.05) is 5.02 Å². The van der Waals surface area contributed by atoms with E-state index in [1.165, 1.54) is 7.11 Å². The SMILES string of the molecule is CC[C@H](C)[C@@H](NC(=O)COc1ccc(Cl)cc1Br)C(=O)OC. The number of benzene rings is 1. The number of ether oxygens (including phenoxy) is 2. The van der Waals surface area contributed by atoms with Crippen molar-refractivity contribution in [3.05, 3.63) is 27.7 Å². The Morgan fingerprint density at radius 3 is 2.64 bits per heavy atom. The molecule has 1 aromatic rings. The molecule has 0 aliphatic heterocycles. The first kappa shape index (κ1) is 18.8. The number of carbonyl (C=O) groups excluding carboxylic acids is 2. The number of carbonyl (C=O) groups is 2. The second-order valence-corrected chi connectivity index (χ2v) is 6.11. The summed E-state index contributed by atoms with van der Waals surface area (Å²) in [6, 6.07) is 4.31. The van der Waals surface area contributed by atoms with Crippen LogP contribution in [0.4, 0.5) is 0 Å². The molecular formula is C15H19BrClNO4. The van der Waals surface area contributed by atoms with Crippen LogP contribution < -0.4 is 10.1 Å². The molecule has 0 saturated heterocycles. The highest BCUT2D eigenvalue weighted by Gasteiger charge is 2.26. The molecule has 122 valence electrons. The highest BCUT2D eigenvalue weighted by molar-refractivity contribution is 9.10. The maximum Gasteiger partial charge on any atom is 0.328 e. The lowest BCUT2D eigenvalue weighted by Gasteiger charge is -2.21. The topological polar surface area (TPSA) is 64.6 Å². The number of amides is 1. The van der Waals surface area contributed by atoms with Crippen molar-refractivity contribution in [2.24, 2.45) is 5.92 Å². The van der Waals surface area contributed by atoms with E-state index < -0.39 is 17.9 Å². The number of rotatable bonds is 7. The minimum Gasteiger partial charge on any atom is -0.483 e. The van der Waals surface area contributed by atoms with Gasteiger partial charge in [0.15, 0.2) is 6.61 Å². The molecule has 7 heteroatoms. The molecular weight excluding hydrogens is 374 g/mol. The third-order valence-corrected chi connectivity index (χ3v) is 4.09. The first-order valence-corrected chi connectivity index (χ1v) is 8.01. The van der Waals surface area contributed by atoms with Gasteiger partial charge in [-0.2, -0.15) is 0 Å². The first-order valence-electron chi connectivity index (χ1n) is 6.84. The lowest BCUT2D eigenvalue weighted by molar-refractivity contribution is -0.146. The van der Waals surface area contributed by atoms with Crippen LogP contribution in [-0.2, 0) is 14.3 Å². The second-order valence-electron chi connectivity index (χ2n) is 4.82. The van der Waals surface area contributed by atoms with Crippen molar-refractivity contribution in [3.8, 4) is 5.75 Å². The van der Waals surface area contributed by atoms with Crippen molar-refractivity contribution >= 4 is 39.4 Å². The Kier molecular flexibility index (Phi) is 7.68. The molecule has 0 spiro atoms. The summed E-state index contributed by atoms with van der Waals surface area (Å²) < 4.78 is 10.8. The van der Waals surface area contributed by atoms with Crippen molar-refractivity contribution in [1.29, 1.82) is 0 Å². The maximum absolute atomic E-state index is 12.0. The van der Waals surface area contributed by atoms with Crippen molar-refractivity contribution in [2.45, 2.75) is 26.3 Å². The van der Waals surface area contributed by atoms with E-state index in [9.17, 15) is 9.59 Å². The zero-order chi connectivity index (χ0) is 16.7. The van der Waals surface area contributed by atoms with E-state index in [4.69, 9.17) is 21.1 Å². The van der Waals surface area contributed by atoms with Crippen LogP contribution in [0.5, 0.6) is 5.75 Å². The van der Waals surface area contributed by atoms with E-state index in [0.29, 0.717) is 15.2 Å². The maximum atomic E-state index is 12.0. The minimum atomic E-state index is -0.681. The monoisotopic (exact) mass is 391 g/mol. The Labute approximate surface area is 143 Å². The highest BCUT2D eigenvalue weighted by atomic mass is 79.9. The number of methoxy groups -OCH3 is 1. The zero-order valence-electron chi connectivity index (χ0n) is 12.7. The van der Waals surface area contributed by atoms with Gasteiger partial charge in [-0.05, 0) is 40.0 Å². The van der Waals surface area contributed by atoms with Crippen molar-refractivity contribution in [2.75, 3.05) is 13.7 Å². The summed E-state index contributed by atoms with van der Waals surface area (Å²) in [6.07, 6.45) is 0.740. The van der Waals surface area contributed by atoms with Crippen LogP contribution in [0.25, 0.3) is 0 Å². The van der Waals surface area contributed by atoms with Crippen LogP contribution in [0.1, 0.15) is 20.3 Å². The quantitative estimate of drug-likeness (QED) is 0.724. The van der Waals surface area contributed by atoms with Gasteiger partial charge < -0.3 is 14.8 Å². The standard InChI is InChI=1S/C15H19BrClNO4/c1-4-9(2)14(15(20)21-3)18-13(19)8-22-12-6-5-10(17)7-11(12)16/h5-7,9,14H,4,8H2,1-3H3,(H,18,19)/t9-,14+/m0/s1. The fourth-order valence-corrected chi connectivity index (χ4v) is 2.54. The van der Waals surface area contributed by atoms with Gasteiger partial charge in [0.05, 0.1) is 11.6 Å². The molecule has 1 rings (SSSR count). The Balaban J connectivity index is 2.62. The zero-order valence-corrected chi connectivity index (χ0v) is 15.0.